The summed E-state index contributed by atoms with van der Waals surface area (Å²) in [7, 11) is 0. The summed E-state index contributed by atoms with van der Waals surface area (Å²) in [6.45, 7) is 3.66. The summed E-state index contributed by atoms with van der Waals surface area (Å²) in [6, 6.07) is 7.27. The van der Waals surface area contributed by atoms with Gasteiger partial charge in [0.15, 0.2) is 0 Å². The van der Waals surface area contributed by atoms with E-state index in [4.69, 9.17) is 5.11 Å². The Kier molecular flexibility index (Phi) is 6.42. The highest BCUT2D eigenvalue weighted by Crippen LogP contribution is 2.30. The Morgan fingerprint density at radius 3 is 2.68 bits per heavy atom. The van der Waals surface area contributed by atoms with Crippen molar-refractivity contribution >= 4 is 29.3 Å². The lowest BCUT2D eigenvalue weighted by molar-refractivity contribution is -0.136. The van der Waals surface area contributed by atoms with Crippen molar-refractivity contribution in [2.45, 2.75) is 43.3 Å². The second-order valence-electron chi connectivity index (χ2n) is 4.25. The average Bonchev–Trinajstić information content (AvgIpc) is 2.38. The van der Waals surface area contributed by atoms with E-state index in [1.807, 2.05) is 25.1 Å². The molecule has 104 valence electrons. The fourth-order valence-electron chi connectivity index (χ4n) is 1.46. The molecule has 1 unspecified atom stereocenters. The van der Waals surface area contributed by atoms with Gasteiger partial charge in [-0.15, -0.1) is 11.8 Å². The molecule has 0 fully saturated rings. The number of benzene rings is 1. The number of unbranched alkanes of at least 4 members (excludes halogenated alkanes) is 1. The summed E-state index contributed by atoms with van der Waals surface area (Å²) in [4.78, 5) is 23.4. The van der Waals surface area contributed by atoms with Crippen LogP contribution in [0.15, 0.2) is 29.2 Å². The van der Waals surface area contributed by atoms with Crippen LogP contribution in [-0.4, -0.2) is 22.2 Å². The quantitative estimate of drug-likeness (QED) is 0.752. The lowest BCUT2D eigenvalue weighted by Crippen LogP contribution is -2.14. The van der Waals surface area contributed by atoms with Gasteiger partial charge in [0.25, 0.3) is 0 Å². The number of aliphatic carboxylic acids is 1. The van der Waals surface area contributed by atoms with E-state index in [-0.39, 0.29) is 5.91 Å². The molecular weight excluding hydrogens is 262 g/mol. The van der Waals surface area contributed by atoms with Gasteiger partial charge in [0.2, 0.25) is 5.91 Å². The highest BCUT2D eigenvalue weighted by molar-refractivity contribution is 8.00. The first-order valence-corrected chi connectivity index (χ1v) is 7.21. The van der Waals surface area contributed by atoms with E-state index < -0.39 is 11.2 Å². The van der Waals surface area contributed by atoms with E-state index in [2.05, 4.69) is 5.32 Å². The Morgan fingerprint density at radius 2 is 2.05 bits per heavy atom. The molecule has 19 heavy (non-hydrogen) atoms. The van der Waals surface area contributed by atoms with Crippen LogP contribution in [0.2, 0.25) is 0 Å². The minimum Gasteiger partial charge on any atom is -0.480 e. The molecule has 1 aromatic carbocycles. The predicted octanol–water partition coefficient (Wildman–Crippen LogP) is 3.38. The number of carboxylic acids is 1. The highest BCUT2D eigenvalue weighted by atomic mass is 32.2. The molecule has 0 saturated heterocycles. The standard InChI is InChI=1S/C14H19NO3S/c1-3-4-9-13(16)15-11-7-5-6-8-12(11)19-10(2)14(17)18/h5-8,10H,3-4,9H2,1-2H3,(H,15,16)(H,17,18). The summed E-state index contributed by atoms with van der Waals surface area (Å²) >= 11 is 1.23. The number of amides is 1. The summed E-state index contributed by atoms with van der Waals surface area (Å²) in [5.74, 6) is -0.894. The number of rotatable bonds is 7. The van der Waals surface area contributed by atoms with Crippen LogP contribution >= 0.6 is 11.8 Å². The lowest BCUT2D eigenvalue weighted by Gasteiger charge is -2.12. The van der Waals surface area contributed by atoms with Crippen molar-refractivity contribution in [2.75, 3.05) is 5.32 Å². The number of carbonyl (C=O) groups excluding carboxylic acids is 1. The molecule has 2 N–H and O–H groups in total. The van der Waals surface area contributed by atoms with Crippen LogP contribution < -0.4 is 5.32 Å². The smallest absolute Gasteiger partial charge is 0.316 e. The van der Waals surface area contributed by atoms with Crippen LogP contribution in [0, 0.1) is 0 Å². The van der Waals surface area contributed by atoms with Crippen LogP contribution in [0.3, 0.4) is 0 Å². The minimum absolute atomic E-state index is 0.0297. The maximum absolute atomic E-state index is 11.7. The molecule has 0 aliphatic rings. The number of hydrogen-bond acceptors (Lipinski definition) is 3. The van der Waals surface area contributed by atoms with Crippen LogP contribution in [0.25, 0.3) is 0 Å². The average molecular weight is 281 g/mol. The number of para-hydroxylation sites is 1. The van der Waals surface area contributed by atoms with Crippen molar-refractivity contribution in [2.24, 2.45) is 0 Å². The minimum atomic E-state index is -0.864. The van der Waals surface area contributed by atoms with Crippen molar-refractivity contribution in [3.05, 3.63) is 24.3 Å². The Bertz CT molecular complexity index is 448. The topological polar surface area (TPSA) is 66.4 Å². The van der Waals surface area contributed by atoms with E-state index in [1.165, 1.54) is 11.8 Å². The van der Waals surface area contributed by atoms with E-state index >= 15 is 0 Å². The van der Waals surface area contributed by atoms with Gasteiger partial charge in [0.05, 0.1) is 5.69 Å². The first kappa shape index (κ1) is 15.6. The highest BCUT2D eigenvalue weighted by Gasteiger charge is 2.15. The lowest BCUT2D eigenvalue weighted by atomic mass is 10.2. The van der Waals surface area contributed by atoms with Gasteiger partial charge in [-0.3, -0.25) is 9.59 Å². The molecule has 4 nitrogen and oxygen atoms in total. The molecule has 0 spiro atoms. The van der Waals surface area contributed by atoms with Gasteiger partial charge in [-0.2, -0.15) is 0 Å². The molecule has 0 bridgehead atoms. The van der Waals surface area contributed by atoms with E-state index in [1.54, 1.807) is 13.0 Å². The predicted molar refractivity (Wildman–Crippen MR) is 77.6 cm³/mol. The van der Waals surface area contributed by atoms with Crippen molar-refractivity contribution in [3.63, 3.8) is 0 Å². The maximum atomic E-state index is 11.7. The number of carboxylic acid groups (broad SMARTS) is 1. The normalized spacial score (nSPS) is 11.9. The van der Waals surface area contributed by atoms with Gasteiger partial charge in [0, 0.05) is 11.3 Å². The van der Waals surface area contributed by atoms with Crippen molar-refractivity contribution in [1.82, 2.24) is 0 Å². The molecule has 0 aromatic heterocycles. The van der Waals surface area contributed by atoms with Crippen LogP contribution in [0.5, 0.6) is 0 Å². The summed E-state index contributed by atoms with van der Waals surface area (Å²) in [6.07, 6.45) is 2.32. The second kappa shape index (κ2) is 7.84. The van der Waals surface area contributed by atoms with Crippen LogP contribution in [0.4, 0.5) is 5.69 Å². The van der Waals surface area contributed by atoms with Crippen molar-refractivity contribution < 1.29 is 14.7 Å². The zero-order valence-electron chi connectivity index (χ0n) is 11.2. The zero-order chi connectivity index (χ0) is 14.3. The van der Waals surface area contributed by atoms with Gasteiger partial charge in [-0.25, -0.2) is 0 Å². The van der Waals surface area contributed by atoms with Gasteiger partial charge in [-0.1, -0.05) is 25.5 Å². The molecule has 1 amide bonds. The third kappa shape index (κ3) is 5.34. The zero-order valence-corrected chi connectivity index (χ0v) is 12.0. The van der Waals surface area contributed by atoms with Gasteiger partial charge >= 0.3 is 5.97 Å². The Morgan fingerprint density at radius 1 is 1.37 bits per heavy atom. The van der Waals surface area contributed by atoms with Gasteiger partial charge in [0.1, 0.15) is 5.25 Å². The molecule has 1 rings (SSSR count). The van der Waals surface area contributed by atoms with Gasteiger partial charge in [-0.05, 0) is 25.5 Å². The van der Waals surface area contributed by atoms with Crippen molar-refractivity contribution in [1.29, 1.82) is 0 Å². The molecule has 1 atom stereocenters. The van der Waals surface area contributed by atoms with Crippen molar-refractivity contribution in [3.8, 4) is 0 Å². The molecule has 0 aliphatic carbocycles. The van der Waals surface area contributed by atoms with E-state index in [9.17, 15) is 9.59 Å². The van der Waals surface area contributed by atoms with Gasteiger partial charge < -0.3 is 10.4 Å². The maximum Gasteiger partial charge on any atom is 0.316 e. The monoisotopic (exact) mass is 281 g/mol. The largest absolute Gasteiger partial charge is 0.480 e. The number of thioether (sulfide) groups is 1. The summed E-state index contributed by atoms with van der Waals surface area (Å²) in [5, 5.41) is 11.2. The molecule has 0 radical (unpaired) electrons. The van der Waals surface area contributed by atoms with E-state index in [0.29, 0.717) is 12.1 Å². The Hall–Kier alpha value is -1.49. The van der Waals surface area contributed by atoms with Crippen LogP contribution in [0.1, 0.15) is 33.1 Å². The molecule has 5 heteroatoms. The summed E-state index contributed by atoms with van der Waals surface area (Å²) in [5.41, 5.74) is 0.682. The number of anilines is 1. The third-order valence-corrected chi connectivity index (χ3v) is 3.74. The van der Waals surface area contributed by atoms with Crippen LogP contribution in [-0.2, 0) is 9.59 Å². The third-order valence-electron chi connectivity index (χ3n) is 2.57. The Balaban J connectivity index is 2.72. The number of carbonyl (C=O) groups is 2. The first-order chi connectivity index (χ1) is 9.04. The fraction of sp³-hybridized carbons (Fsp3) is 0.429. The first-order valence-electron chi connectivity index (χ1n) is 6.33. The molecule has 0 aliphatic heterocycles. The molecular formula is C14H19NO3S. The Labute approximate surface area is 117 Å². The number of hydrogen-bond donors (Lipinski definition) is 2. The number of nitrogens with one attached hydrogen (secondary N) is 1. The molecule has 0 saturated carbocycles. The second-order valence-corrected chi connectivity index (χ2v) is 5.63. The SMILES string of the molecule is CCCCC(=O)Nc1ccccc1SC(C)C(=O)O. The molecule has 1 aromatic rings. The van der Waals surface area contributed by atoms with E-state index in [0.717, 1.165) is 17.7 Å². The fourth-order valence-corrected chi connectivity index (χ4v) is 2.35. The molecule has 0 heterocycles. The summed E-state index contributed by atoms with van der Waals surface area (Å²) < 4.78 is 0.